The summed E-state index contributed by atoms with van der Waals surface area (Å²) in [4.78, 5) is 40.1. The zero-order valence-corrected chi connectivity index (χ0v) is 16.6. The van der Waals surface area contributed by atoms with Crippen LogP contribution in [0.5, 0.6) is 0 Å². The maximum Gasteiger partial charge on any atom is 0.332 e. The normalized spacial score (nSPS) is 14.2. The van der Waals surface area contributed by atoms with E-state index in [9.17, 15) is 14.4 Å². The van der Waals surface area contributed by atoms with Gasteiger partial charge in [-0.15, -0.1) is 0 Å². The first-order valence-corrected chi connectivity index (χ1v) is 9.51. The van der Waals surface area contributed by atoms with Gasteiger partial charge >= 0.3 is 5.69 Å². The van der Waals surface area contributed by atoms with Crippen LogP contribution in [0.3, 0.4) is 0 Å². The lowest BCUT2D eigenvalue weighted by Gasteiger charge is -2.29. The minimum Gasteiger partial charge on any atom is -0.383 e. The Labute approximate surface area is 163 Å². The lowest BCUT2D eigenvalue weighted by Crippen LogP contribution is -2.46. The van der Waals surface area contributed by atoms with Crippen molar-refractivity contribution >= 4 is 23.1 Å². The van der Waals surface area contributed by atoms with Crippen molar-refractivity contribution in [3.05, 3.63) is 50.2 Å². The highest BCUT2D eigenvalue weighted by Gasteiger charge is 2.23. The van der Waals surface area contributed by atoms with E-state index in [4.69, 9.17) is 5.73 Å². The van der Waals surface area contributed by atoms with Gasteiger partial charge in [0.2, 0.25) is 5.91 Å². The number of nitrogens with one attached hydrogen (secondary N) is 1. The van der Waals surface area contributed by atoms with Crippen LogP contribution in [0.2, 0.25) is 0 Å². The summed E-state index contributed by atoms with van der Waals surface area (Å²) in [5.74, 6) is -0.288. The molecule has 0 saturated carbocycles. The first-order chi connectivity index (χ1) is 13.3. The van der Waals surface area contributed by atoms with Crippen LogP contribution in [0.1, 0.15) is 30.4 Å². The van der Waals surface area contributed by atoms with Crippen molar-refractivity contribution in [2.45, 2.75) is 39.7 Å². The first kappa shape index (κ1) is 19.7. The van der Waals surface area contributed by atoms with Crippen molar-refractivity contribution in [3.8, 4) is 0 Å². The van der Waals surface area contributed by atoms with Gasteiger partial charge in [0.25, 0.3) is 5.56 Å². The molecule has 1 saturated heterocycles. The number of aryl methyl sites for hydroxylation is 2. The predicted octanol–water partition coefficient (Wildman–Crippen LogP) is 1.38. The smallest absolute Gasteiger partial charge is 0.332 e. The van der Waals surface area contributed by atoms with Crippen LogP contribution in [0.4, 0.5) is 17.2 Å². The molecule has 8 heteroatoms. The zero-order chi connectivity index (χ0) is 20.4. The lowest BCUT2D eigenvalue weighted by molar-refractivity contribution is -0.116. The molecule has 8 nitrogen and oxygen atoms in total. The van der Waals surface area contributed by atoms with E-state index in [2.05, 4.69) is 5.32 Å². The Morgan fingerprint density at radius 2 is 1.82 bits per heavy atom. The Hall–Kier alpha value is -3.03. The second kappa shape index (κ2) is 7.92. The lowest BCUT2D eigenvalue weighted by atomic mass is 10.1. The summed E-state index contributed by atoms with van der Waals surface area (Å²) in [7, 11) is 1.52. The highest BCUT2D eigenvalue weighted by Crippen LogP contribution is 2.21. The molecule has 1 aliphatic rings. The van der Waals surface area contributed by atoms with Crippen LogP contribution in [-0.4, -0.2) is 28.1 Å². The second-order valence-electron chi connectivity index (χ2n) is 7.38. The van der Waals surface area contributed by atoms with E-state index >= 15 is 0 Å². The quantitative estimate of drug-likeness (QED) is 0.828. The first-order valence-electron chi connectivity index (χ1n) is 9.51. The number of aromatic nitrogens is 2. The molecule has 1 aliphatic heterocycles. The molecular formula is C20H27N5O3. The van der Waals surface area contributed by atoms with E-state index < -0.39 is 17.2 Å². The maximum absolute atomic E-state index is 13.0. The third-order valence-corrected chi connectivity index (χ3v) is 5.20. The molecule has 0 aliphatic carbocycles. The third-order valence-electron chi connectivity index (χ3n) is 5.20. The van der Waals surface area contributed by atoms with Crippen molar-refractivity contribution in [2.75, 3.05) is 29.0 Å². The fraction of sp³-hybridized carbons (Fsp3) is 0.450. The molecule has 28 heavy (non-hydrogen) atoms. The van der Waals surface area contributed by atoms with E-state index in [-0.39, 0.29) is 12.4 Å². The van der Waals surface area contributed by atoms with E-state index in [1.54, 1.807) is 0 Å². The molecule has 0 spiro atoms. The van der Waals surface area contributed by atoms with Crippen molar-refractivity contribution in [3.63, 3.8) is 0 Å². The summed E-state index contributed by atoms with van der Waals surface area (Å²) in [6, 6.07) is 5.66. The van der Waals surface area contributed by atoms with Gasteiger partial charge in [-0.2, -0.15) is 0 Å². The summed E-state index contributed by atoms with van der Waals surface area (Å²) >= 11 is 0. The monoisotopic (exact) mass is 385 g/mol. The number of carbonyl (C=O) groups is 1. The number of benzene rings is 1. The zero-order valence-electron chi connectivity index (χ0n) is 16.6. The van der Waals surface area contributed by atoms with Gasteiger partial charge in [0.05, 0.1) is 0 Å². The van der Waals surface area contributed by atoms with Crippen LogP contribution in [-0.2, 0) is 18.4 Å². The molecule has 0 unspecified atom stereocenters. The van der Waals surface area contributed by atoms with Crippen molar-refractivity contribution in [2.24, 2.45) is 7.05 Å². The minimum absolute atomic E-state index is 0.142. The number of nitrogens with two attached hydrogens (primary N) is 1. The molecule has 0 atom stereocenters. The molecule has 2 heterocycles. The predicted molar refractivity (Wildman–Crippen MR) is 111 cm³/mol. The molecular weight excluding hydrogens is 358 g/mol. The number of carbonyl (C=O) groups excluding carboxylic acids is 1. The van der Waals surface area contributed by atoms with Crippen LogP contribution in [0.25, 0.3) is 0 Å². The Morgan fingerprint density at radius 3 is 2.46 bits per heavy atom. The molecule has 1 aromatic carbocycles. The topological polar surface area (TPSA) is 102 Å². The molecule has 1 amide bonds. The molecule has 3 rings (SSSR count). The number of nitrogens with zero attached hydrogens (tertiary/aromatic N) is 3. The number of nitrogen functional groups attached to an aromatic ring is 1. The number of anilines is 3. The molecule has 2 aromatic rings. The average molecular weight is 385 g/mol. The molecule has 150 valence electrons. The number of rotatable bonds is 4. The fourth-order valence-corrected chi connectivity index (χ4v) is 3.61. The van der Waals surface area contributed by atoms with E-state index in [1.165, 1.54) is 11.6 Å². The van der Waals surface area contributed by atoms with Crippen LogP contribution >= 0.6 is 0 Å². The van der Waals surface area contributed by atoms with Crippen LogP contribution < -0.4 is 27.2 Å². The Balaban J connectivity index is 1.93. The van der Waals surface area contributed by atoms with Gasteiger partial charge in [-0.05, 0) is 44.7 Å². The molecule has 1 fully saturated rings. The molecule has 0 bridgehead atoms. The van der Waals surface area contributed by atoms with Gasteiger partial charge in [0.1, 0.15) is 18.1 Å². The Bertz CT molecular complexity index is 1020. The number of hydrogen-bond donors (Lipinski definition) is 2. The summed E-state index contributed by atoms with van der Waals surface area (Å²) in [6.07, 6.45) is 3.04. The van der Waals surface area contributed by atoms with Gasteiger partial charge in [-0.1, -0.05) is 17.7 Å². The molecule has 3 N–H and O–H groups in total. The second-order valence-corrected chi connectivity index (χ2v) is 7.38. The average Bonchev–Trinajstić information content (AvgIpc) is 2.67. The summed E-state index contributed by atoms with van der Waals surface area (Å²) in [5.41, 5.74) is 7.94. The number of amides is 1. The van der Waals surface area contributed by atoms with Crippen LogP contribution in [0, 0.1) is 13.8 Å². The van der Waals surface area contributed by atoms with Crippen LogP contribution in [0.15, 0.2) is 27.8 Å². The van der Waals surface area contributed by atoms with E-state index in [0.717, 1.165) is 35.0 Å². The van der Waals surface area contributed by atoms with Crippen molar-refractivity contribution in [1.82, 2.24) is 9.13 Å². The number of piperidine rings is 1. The number of hydrogen-bond acceptors (Lipinski definition) is 5. The summed E-state index contributed by atoms with van der Waals surface area (Å²) in [5, 5.41) is 2.78. The standard InChI is InChI=1S/C20H27N5O3/c1-13-7-8-15(14(2)11-13)22-16(26)12-25-19(27)17(18(21)23(3)20(25)28)24-9-5-4-6-10-24/h7-8,11H,4-6,9-10,12,21H2,1-3H3,(H,22,26). The molecule has 1 aromatic heterocycles. The highest BCUT2D eigenvalue weighted by atomic mass is 16.2. The van der Waals surface area contributed by atoms with Gasteiger partial charge in [0.15, 0.2) is 0 Å². The maximum atomic E-state index is 13.0. The summed E-state index contributed by atoms with van der Waals surface area (Å²) in [6.45, 7) is 4.93. The highest BCUT2D eigenvalue weighted by molar-refractivity contribution is 5.91. The fourth-order valence-electron chi connectivity index (χ4n) is 3.61. The van der Waals surface area contributed by atoms with Gasteiger partial charge < -0.3 is 16.0 Å². The van der Waals surface area contributed by atoms with Crippen molar-refractivity contribution < 1.29 is 4.79 Å². The van der Waals surface area contributed by atoms with E-state index in [1.807, 2.05) is 36.9 Å². The largest absolute Gasteiger partial charge is 0.383 e. The molecule has 0 radical (unpaired) electrons. The minimum atomic E-state index is -0.598. The van der Waals surface area contributed by atoms with Crippen molar-refractivity contribution in [1.29, 1.82) is 0 Å². The third kappa shape index (κ3) is 3.81. The van der Waals surface area contributed by atoms with Gasteiger partial charge in [-0.25, -0.2) is 9.36 Å². The summed E-state index contributed by atoms with van der Waals surface area (Å²) < 4.78 is 2.19. The van der Waals surface area contributed by atoms with E-state index in [0.29, 0.717) is 24.5 Å². The van der Waals surface area contributed by atoms with Gasteiger partial charge in [0, 0.05) is 25.8 Å². The van der Waals surface area contributed by atoms with Gasteiger partial charge in [-0.3, -0.25) is 14.2 Å². The Kier molecular flexibility index (Phi) is 5.58. The SMILES string of the molecule is Cc1ccc(NC(=O)Cn2c(=O)c(N3CCCCC3)c(N)n(C)c2=O)c(C)c1. The Morgan fingerprint density at radius 1 is 1.14 bits per heavy atom.